The highest BCUT2D eigenvalue weighted by Crippen LogP contribution is 2.33. The molecule has 2 N–H and O–H groups in total. The predicted octanol–water partition coefficient (Wildman–Crippen LogP) is 1.12. The Bertz CT molecular complexity index is 327. The van der Waals surface area contributed by atoms with Gasteiger partial charge in [-0.05, 0) is 39.2 Å². The van der Waals surface area contributed by atoms with E-state index in [1.165, 1.54) is 38.5 Å². The number of nitrogens with zero attached hydrogens (tertiary/aromatic N) is 1. The Morgan fingerprint density at radius 1 is 1.26 bits per heavy atom. The lowest BCUT2D eigenvalue weighted by Gasteiger charge is -2.25. The first-order valence-corrected chi connectivity index (χ1v) is 7.98. The third-order valence-electron chi connectivity index (χ3n) is 5.35. The molecule has 0 aromatic rings. The van der Waals surface area contributed by atoms with E-state index in [9.17, 15) is 4.79 Å². The van der Waals surface area contributed by atoms with Gasteiger partial charge in [0.25, 0.3) is 0 Å². The molecule has 1 amide bonds. The van der Waals surface area contributed by atoms with E-state index >= 15 is 0 Å². The van der Waals surface area contributed by atoms with Crippen LogP contribution >= 0.6 is 0 Å². The number of amides is 1. The maximum absolute atomic E-state index is 12.2. The van der Waals surface area contributed by atoms with Crippen LogP contribution in [-0.2, 0) is 4.79 Å². The monoisotopic (exact) mass is 265 g/mol. The molecule has 4 nitrogen and oxygen atoms in total. The Balaban J connectivity index is 1.36. The van der Waals surface area contributed by atoms with Crippen molar-refractivity contribution >= 4 is 5.91 Å². The summed E-state index contributed by atoms with van der Waals surface area (Å²) < 4.78 is 0. The number of carbonyl (C=O) groups excluding carboxylic acids is 1. The van der Waals surface area contributed by atoms with Crippen molar-refractivity contribution in [2.75, 3.05) is 20.1 Å². The van der Waals surface area contributed by atoms with Gasteiger partial charge in [0.1, 0.15) is 0 Å². The Hall–Kier alpha value is -0.610. The summed E-state index contributed by atoms with van der Waals surface area (Å²) >= 11 is 0. The van der Waals surface area contributed by atoms with Crippen LogP contribution in [0.5, 0.6) is 0 Å². The third-order valence-corrected chi connectivity index (χ3v) is 5.35. The normalized spacial score (nSPS) is 34.3. The summed E-state index contributed by atoms with van der Waals surface area (Å²) in [6.45, 7) is 1.80. The Labute approximate surface area is 116 Å². The number of likely N-dealkylation sites (N-methyl/N-ethyl adjacent to an activating group) is 1. The maximum atomic E-state index is 12.2. The van der Waals surface area contributed by atoms with E-state index in [0.717, 1.165) is 25.6 Å². The molecule has 1 aliphatic carbocycles. The van der Waals surface area contributed by atoms with E-state index in [1.807, 2.05) is 0 Å². The summed E-state index contributed by atoms with van der Waals surface area (Å²) in [4.78, 5) is 14.6. The highest BCUT2D eigenvalue weighted by Gasteiger charge is 2.42. The van der Waals surface area contributed by atoms with Crippen molar-refractivity contribution in [1.29, 1.82) is 0 Å². The van der Waals surface area contributed by atoms with E-state index in [4.69, 9.17) is 0 Å². The Morgan fingerprint density at radius 3 is 2.68 bits per heavy atom. The Morgan fingerprint density at radius 2 is 2.05 bits per heavy atom. The number of hydrogen-bond donors (Lipinski definition) is 2. The van der Waals surface area contributed by atoms with Gasteiger partial charge in [0.05, 0.1) is 5.92 Å². The quantitative estimate of drug-likeness (QED) is 0.783. The van der Waals surface area contributed by atoms with Crippen LogP contribution in [0.15, 0.2) is 0 Å². The van der Waals surface area contributed by atoms with Gasteiger partial charge < -0.3 is 15.5 Å². The lowest BCUT2D eigenvalue weighted by atomic mass is 9.88. The van der Waals surface area contributed by atoms with Crippen LogP contribution in [0, 0.1) is 5.92 Å². The zero-order valence-electron chi connectivity index (χ0n) is 12.0. The molecule has 4 heteroatoms. The topological polar surface area (TPSA) is 44.4 Å². The van der Waals surface area contributed by atoms with Crippen molar-refractivity contribution in [3.8, 4) is 0 Å². The zero-order valence-corrected chi connectivity index (χ0v) is 12.0. The fourth-order valence-electron chi connectivity index (χ4n) is 4.13. The molecule has 19 heavy (non-hydrogen) atoms. The average Bonchev–Trinajstić information content (AvgIpc) is 3.14. The van der Waals surface area contributed by atoms with E-state index in [-0.39, 0.29) is 11.8 Å². The third kappa shape index (κ3) is 2.95. The summed E-state index contributed by atoms with van der Waals surface area (Å²) in [6.07, 6.45) is 8.91. The number of rotatable bonds is 5. The molecular weight excluding hydrogens is 238 g/mol. The first-order chi connectivity index (χ1) is 9.24. The van der Waals surface area contributed by atoms with Gasteiger partial charge in [-0.3, -0.25) is 4.79 Å². The minimum atomic E-state index is 0.232. The van der Waals surface area contributed by atoms with Gasteiger partial charge in [-0.1, -0.05) is 12.8 Å². The molecule has 2 saturated heterocycles. The molecule has 2 aliphatic heterocycles. The molecule has 3 unspecified atom stereocenters. The van der Waals surface area contributed by atoms with Gasteiger partial charge >= 0.3 is 0 Å². The molecule has 3 rings (SSSR count). The Kier molecular flexibility index (Phi) is 4.08. The van der Waals surface area contributed by atoms with Crippen LogP contribution in [0.3, 0.4) is 0 Å². The standard InChI is InChI=1S/C15H27N3O/c1-18(12-4-2-3-5-12)9-8-16-15(19)13-10-11-6-7-14(13)17-11/h11-14,17H,2-10H2,1H3,(H,16,19). The summed E-state index contributed by atoms with van der Waals surface area (Å²) in [6, 6.07) is 1.82. The SMILES string of the molecule is CN(CCNC(=O)C1CC2CCC1N2)C1CCCC1. The smallest absolute Gasteiger partial charge is 0.224 e. The summed E-state index contributed by atoms with van der Waals surface area (Å²) in [7, 11) is 2.20. The number of nitrogens with one attached hydrogen (secondary N) is 2. The molecule has 0 aromatic carbocycles. The molecule has 3 aliphatic rings. The highest BCUT2D eigenvalue weighted by molar-refractivity contribution is 5.80. The van der Waals surface area contributed by atoms with Crippen LogP contribution in [0.1, 0.15) is 44.9 Å². The lowest BCUT2D eigenvalue weighted by molar-refractivity contribution is -0.125. The van der Waals surface area contributed by atoms with E-state index in [0.29, 0.717) is 12.1 Å². The van der Waals surface area contributed by atoms with Gasteiger partial charge in [-0.15, -0.1) is 0 Å². The number of carbonyl (C=O) groups is 1. The lowest BCUT2D eigenvalue weighted by Crippen LogP contribution is -2.42. The van der Waals surface area contributed by atoms with Crippen molar-refractivity contribution in [2.24, 2.45) is 5.92 Å². The van der Waals surface area contributed by atoms with Crippen molar-refractivity contribution in [2.45, 2.75) is 63.1 Å². The molecule has 0 spiro atoms. The van der Waals surface area contributed by atoms with Crippen LogP contribution < -0.4 is 10.6 Å². The zero-order chi connectivity index (χ0) is 13.2. The average molecular weight is 265 g/mol. The van der Waals surface area contributed by atoms with Crippen LogP contribution in [0.4, 0.5) is 0 Å². The molecule has 1 saturated carbocycles. The van der Waals surface area contributed by atoms with Crippen molar-refractivity contribution in [3.05, 3.63) is 0 Å². The second-order valence-electron chi connectivity index (χ2n) is 6.60. The van der Waals surface area contributed by atoms with Gasteiger partial charge in [-0.25, -0.2) is 0 Å². The summed E-state index contributed by atoms with van der Waals surface area (Å²) in [5.74, 6) is 0.509. The first-order valence-electron chi connectivity index (χ1n) is 7.98. The molecule has 2 heterocycles. The summed E-state index contributed by atoms with van der Waals surface area (Å²) in [5.41, 5.74) is 0. The largest absolute Gasteiger partial charge is 0.355 e. The van der Waals surface area contributed by atoms with Crippen molar-refractivity contribution in [1.82, 2.24) is 15.5 Å². The number of fused-ring (bicyclic) bond motifs is 2. The fraction of sp³-hybridized carbons (Fsp3) is 0.933. The molecule has 3 atom stereocenters. The number of hydrogen-bond acceptors (Lipinski definition) is 3. The van der Waals surface area contributed by atoms with Crippen molar-refractivity contribution < 1.29 is 4.79 Å². The predicted molar refractivity (Wildman–Crippen MR) is 75.9 cm³/mol. The molecule has 108 valence electrons. The van der Waals surface area contributed by atoms with Crippen LogP contribution in [-0.4, -0.2) is 49.1 Å². The second-order valence-corrected chi connectivity index (χ2v) is 6.60. The second kappa shape index (κ2) is 5.80. The van der Waals surface area contributed by atoms with E-state index in [1.54, 1.807) is 0 Å². The maximum Gasteiger partial charge on any atom is 0.224 e. The minimum absolute atomic E-state index is 0.232. The van der Waals surface area contributed by atoms with Crippen LogP contribution in [0.25, 0.3) is 0 Å². The fourth-order valence-corrected chi connectivity index (χ4v) is 4.13. The molecule has 0 aromatic heterocycles. The van der Waals surface area contributed by atoms with E-state index in [2.05, 4.69) is 22.6 Å². The van der Waals surface area contributed by atoms with E-state index < -0.39 is 0 Å². The van der Waals surface area contributed by atoms with Gasteiger partial charge in [-0.2, -0.15) is 0 Å². The molecule has 2 bridgehead atoms. The van der Waals surface area contributed by atoms with Gasteiger partial charge in [0.15, 0.2) is 0 Å². The van der Waals surface area contributed by atoms with Gasteiger partial charge in [0.2, 0.25) is 5.91 Å². The molecular formula is C15H27N3O. The van der Waals surface area contributed by atoms with Gasteiger partial charge in [0, 0.05) is 31.2 Å². The minimum Gasteiger partial charge on any atom is -0.355 e. The molecule has 0 radical (unpaired) electrons. The molecule has 3 fully saturated rings. The van der Waals surface area contributed by atoms with Crippen LogP contribution in [0.2, 0.25) is 0 Å². The van der Waals surface area contributed by atoms with Crippen molar-refractivity contribution in [3.63, 3.8) is 0 Å². The highest BCUT2D eigenvalue weighted by atomic mass is 16.1. The summed E-state index contributed by atoms with van der Waals surface area (Å²) in [5, 5.41) is 6.67. The first kappa shape index (κ1) is 13.4.